The molecule has 0 saturated carbocycles. The molecule has 0 aliphatic carbocycles. The fraction of sp³-hybridized carbons (Fsp3) is 0.263. The van der Waals surface area contributed by atoms with Gasteiger partial charge in [-0.2, -0.15) is 0 Å². The second-order valence-electron chi connectivity index (χ2n) is 6.04. The van der Waals surface area contributed by atoms with Crippen molar-refractivity contribution in [3.63, 3.8) is 0 Å². The Labute approximate surface area is 160 Å². The van der Waals surface area contributed by atoms with Gasteiger partial charge in [-0.05, 0) is 42.3 Å². The minimum absolute atomic E-state index is 0.0358. The number of carbonyl (C=O) groups is 2. The van der Waals surface area contributed by atoms with Crippen LogP contribution in [0.25, 0.3) is 0 Å². The van der Waals surface area contributed by atoms with Crippen LogP contribution in [0.3, 0.4) is 0 Å². The van der Waals surface area contributed by atoms with Crippen LogP contribution >= 0.6 is 27.5 Å². The Morgan fingerprint density at radius 3 is 2.64 bits per heavy atom. The predicted octanol–water partition coefficient (Wildman–Crippen LogP) is 4.66. The third-order valence-corrected chi connectivity index (χ3v) is 5.15. The van der Waals surface area contributed by atoms with Crippen LogP contribution in [0.15, 0.2) is 46.9 Å². The van der Waals surface area contributed by atoms with Crippen LogP contribution in [0.4, 0.5) is 11.4 Å². The number of nitrogens with zero attached hydrogens (tertiary/aromatic N) is 1. The van der Waals surface area contributed by atoms with Crippen LogP contribution < -0.4 is 10.2 Å². The summed E-state index contributed by atoms with van der Waals surface area (Å²) in [5, 5.41) is 3.28. The lowest BCUT2D eigenvalue weighted by Crippen LogP contribution is -2.28. The van der Waals surface area contributed by atoms with Crippen LogP contribution in [-0.4, -0.2) is 18.4 Å². The van der Waals surface area contributed by atoms with Crippen molar-refractivity contribution in [2.24, 2.45) is 5.92 Å². The van der Waals surface area contributed by atoms with Crippen molar-refractivity contribution < 1.29 is 9.59 Å². The Morgan fingerprint density at radius 2 is 2.00 bits per heavy atom. The van der Waals surface area contributed by atoms with Crippen molar-refractivity contribution >= 4 is 50.7 Å². The minimum Gasteiger partial charge on any atom is -0.324 e. The summed E-state index contributed by atoms with van der Waals surface area (Å²) in [6.07, 6.45) is 1.16. The van der Waals surface area contributed by atoms with Crippen LogP contribution in [0.2, 0.25) is 5.02 Å². The lowest BCUT2D eigenvalue weighted by Gasteiger charge is -2.17. The molecule has 4 nitrogen and oxygen atoms in total. The summed E-state index contributed by atoms with van der Waals surface area (Å²) in [4.78, 5) is 26.5. The number of halogens is 2. The molecule has 0 bridgehead atoms. The largest absolute Gasteiger partial charge is 0.324 e. The van der Waals surface area contributed by atoms with Gasteiger partial charge in [0.1, 0.15) is 0 Å². The van der Waals surface area contributed by atoms with Gasteiger partial charge in [0, 0.05) is 23.1 Å². The first-order valence-corrected chi connectivity index (χ1v) is 9.30. The first-order valence-electron chi connectivity index (χ1n) is 8.13. The van der Waals surface area contributed by atoms with Gasteiger partial charge in [-0.3, -0.25) is 9.59 Å². The molecule has 1 N–H and O–H groups in total. The van der Waals surface area contributed by atoms with E-state index in [1.165, 1.54) is 5.56 Å². The molecule has 25 heavy (non-hydrogen) atoms. The average Bonchev–Trinajstić information content (AvgIpc) is 2.99. The molecule has 0 unspecified atom stereocenters. The van der Waals surface area contributed by atoms with Crippen molar-refractivity contribution in [1.82, 2.24) is 0 Å². The quantitative estimate of drug-likeness (QED) is 0.781. The molecule has 0 spiro atoms. The number of hydrogen-bond donors (Lipinski definition) is 1. The summed E-state index contributed by atoms with van der Waals surface area (Å²) < 4.78 is 0.841. The van der Waals surface area contributed by atoms with Gasteiger partial charge in [0.15, 0.2) is 0 Å². The molecule has 1 heterocycles. The summed E-state index contributed by atoms with van der Waals surface area (Å²) >= 11 is 9.47. The Morgan fingerprint density at radius 1 is 1.28 bits per heavy atom. The normalized spacial score (nSPS) is 17.0. The second kappa shape index (κ2) is 7.58. The number of nitrogens with one attached hydrogen (secondary N) is 1. The van der Waals surface area contributed by atoms with Crippen molar-refractivity contribution in [1.29, 1.82) is 0 Å². The highest BCUT2D eigenvalue weighted by Gasteiger charge is 2.35. The van der Waals surface area contributed by atoms with E-state index >= 15 is 0 Å². The highest BCUT2D eigenvalue weighted by atomic mass is 79.9. The lowest BCUT2D eigenvalue weighted by atomic mass is 10.1. The summed E-state index contributed by atoms with van der Waals surface area (Å²) in [7, 11) is 0. The van der Waals surface area contributed by atoms with Gasteiger partial charge < -0.3 is 10.2 Å². The molecule has 1 aliphatic rings. The fourth-order valence-electron chi connectivity index (χ4n) is 2.87. The van der Waals surface area contributed by atoms with Crippen LogP contribution in [0, 0.1) is 5.92 Å². The van der Waals surface area contributed by atoms with Crippen LogP contribution in [0.1, 0.15) is 18.9 Å². The molecule has 130 valence electrons. The van der Waals surface area contributed by atoms with Gasteiger partial charge in [-0.25, -0.2) is 0 Å². The van der Waals surface area contributed by atoms with Crippen molar-refractivity contribution in [2.75, 3.05) is 16.8 Å². The summed E-state index contributed by atoms with van der Waals surface area (Å²) in [5.41, 5.74) is 2.60. The smallest absolute Gasteiger partial charge is 0.229 e. The van der Waals surface area contributed by atoms with Gasteiger partial charge in [-0.15, -0.1) is 0 Å². The zero-order chi connectivity index (χ0) is 18.0. The third-order valence-electron chi connectivity index (χ3n) is 4.34. The molecule has 1 fully saturated rings. The maximum atomic E-state index is 12.5. The maximum Gasteiger partial charge on any atom is 0.229 e. The summed E-state index contributed by atoms with van der Waals surface area (Å²) in [6.45, 7) is 2.47. The van der Waals surface area contributed by atoms with Gasteiger partial charge in [0.2, 0.25) is 11.8 Å². The van der Waals surface area contributed by atoms with Gasteiger partial charge in [0.05, 0.1) is 16.6 Å². The highest BCUT2D eigenvalue weighted by molar-refractivity contribution is 9.10. The number of hydrogen-bond acceptors (Lipinski definition) is 2. The van der Waals surface area contributed by atoms with E-state index < -0.39 is 5.92 Å². The topological polar surface area (TPSA) is 49.4 Å². The average molecular weight is 422 g/mol. The van der Waals surface area contributed by atoms with E-state index in [0.29, 0.717) is 17.3 Å². The van der Waals surface area contributed by atoms with Crippen LogP contribution in [0.5, 0.6) is 0 Å². The molecule has 6 heteroatoms. The Hall–Kier alpha value is -1.85. The number of amides is 2. The van der Waals surface area contributed by atoms with Gasteiger partial charge in [0.25, 0.3) is 0 Å². The Bertz CT molecular complexity index is 808. The van der Waals surface area contributed by atoms with E-state index in [4.69, 9.17) is 11.6 Å². The number of benzene rings is 2. The van der Waals surface area contributed by atoms with Gasteiger partial charge >= 0.3 is 0 Å². The number of anilines is 2. The zero-order valence-corrected chi connectivity index (χ0v) is 16.1. The molecule has 2 aromatic carbocycles. The van der Waals surface area contributed by atoms with E-state index in [9.17, 15) is 9.59 Å². The molecule has 1 aliphatic heterocycles. The predicted molar refractivity (Wildman–Crippen MR) is 104 cm³/mol. The minimum atomic E-state index is -0.391. The Kier molecular flexibility index (Phi) is 5.45. The number of carbonyl (C=O) groups excluding carboxylic acids is 2. The third kappa shape index (κ3) is 4.05. The molecule has 2 amide bonds. The number of rotatable bonds is 4. The summed E-state index contributed by atoms with van der Waals surface area (Å²) in [5.74, 6) is -0.616. The van der Waals surface area contributed by atoms with Crippen molar-refractivity contribution in [3.8, 4) is 0 Å². The Balaban J connectivity index is 1.69. The van der Waals surface area contributed by atoms with E-state index in [2.05, 4.69) is 28.2 Å². The standard InChI is InChI=1S/C19H18BrClN2O2/c1-2-12-3-6-15(7-4-12)23-11-13(9-18(23)24)19(25)22-17-8-5-14(20)10-16(17)21/h3-8,10,13H,2,9,11H2,1H3,(H,22,25)/t13-/m1/s1. The highest BCUT2D eigenvalue weighted by Crippen LogP contribution is 2.29. The maximum absolute atomic E-state index is 12.5. The van der Waals surface area contributed by atoms with E-state index in [1.54, 1.807) is 17.0 Å². The molecule has 3 rings (SSSR count). The van der Waals surface area contributed by atoms with E-state index in [-0.39, 0.29) is 18.2 Å². The first-order chi connectivity index (χ1) is 12.0. The molecule has 0 aromatic heterocycles. The van der Waals surface area contributed by atoms with E-state index in [1.807, 2.05) is 30.3 Å². The number of aryl methyl sites for hydroxylation is 1. The zero-order valence-electron chi connectivity index (χ0n) is 13.8. The first kappa shape index (κ1) is 18.0. The van der Waals surface area contributed by atoms with Gasteiger partial charge in [-0.1, -0.05) is 46.6 Å². The monoisotopic (exact) mass is 420 g/mol. The van der Waals surface area contributed by atoms with E-state index in [0.717, 1.165) is 16.6 Å². The SMILES string of the molecule is CCc1ccc(N2C[C@H](C(=O)Nc3ccc(Br)cc3Cl)CC2=O)cc1. The fourth-order valence-corrected chi connectivity index (χ4v) is 3.59. The summed E-state index contributed by atoms with van der Waals surface area (Å²) in [6, 6.07) is 13.2. The van der Waals surface area contributed by atoms with Crippen molar-refractivity contribution in [3.05, 3.63) is 57.5 Å². The molecule has 1 atom stereocenters. The molecular weight excluding hydrogens is 404 g/mol. The van der Waals surface area contributed by atoms with Crippen molar-refractivity contribution in [2.45, 2.75) is 19.8 Å². The lowest BCUT2D eigenvalue weighted by molar-refractivity contribution is -0.122. The molecule has 1 saturated heterocycles. The van der Waals surface area contributed by atoms with Crippen LogP contribution in [-0.2, 0) is 16.0 Å². The molecular formula is C19H18BrClN2O2. The molecule has 0 radical (unpaired) electrons. The second-order valence-corrected chi connectivity index (χ2v) is 7.36. The molecule has 2 aromatic rings.